The van der Waals surface area contributed by atoms with Crippen LogP contribution in [-0.2, 0) is 11.3 Å². The fourth-order valence-corrected chi connectivity index (χ4v) is 3.43. The van der Waals surface area contributed by atoms with Crippen LogP contribution in [0.2, 0.25) is 0 Å². The van der Waals surface area contributed by atoms with Gasteiger partial charge >= 0.3 is 0 Å². The number of nitrogens with zero attached hydrogens (tertiary/aromatic N) is 3. The van der Waals surface area contributed by atoms with Gasteiger partial charge in [-0.2, -0.15) is 4.98 Å². The zero-order valence-corrected chi connectivity index (χ0v) is 16.0. The van der Waals surface area contributed by atoms with E-state index < -0.39 is 0 Å². The van der Waals surface area contributed by atoms with E-state index in [0.717, 1.165) is 12.0 Å². The Balaban J connectivity index is 1.65. The highest BCUT2D eigenvalue weighted by atomic mass is 32.1. The Morgan fingerprint density at radius 3 is 2.89 bits per heavy atom. The van der Waals surface area contributed by atoms with Crippen molar-refractivity contribution in [2.45, 2.75) is 38.4 Å². The number of amides is 1. The van der Waals surface area contributed by atoms with Gasteiger partial charge in [0.15, 0.2) is 5.11 Å². The van der Waals surface area contributed by atoms with Crippen LogP contribution in [0.3, 0.4) is 0 Å². The molecule has 1 saturated heterocycles. The van der Waals surface area contributed by atoms with Crippen LogP contribution >= 0.6 is 12.2 Å². The molecule has 2 N–H and O–H groups in total. The summed E-state index contributed by atoms with van der Waals surface area (Å²) in [4.78, 5) is 18.8. The van der Waals surface area contributed by atoms with Crippen molar-refractivity contribution in [3.8, 4) is 11.4 Å². The summed E-state index contributed by atoms with van der Waals surface area (Å²) in [6.07, 6.45) is 2.86. The number of benzene rings is 1. The lowest BCUT2D eigenvalue weighted by Crippen LogP contribution is -2.54. The minimum Gasteiger partial charge on any atom is -0.360 e. The molecular weight excluding hydrogens is 362 g/mol. The first-order valence-electron chi connectivity index (χ1n) is 8.89. The molecule has 0 aliphatic carbocycles. The molecule has 7 nitrogen and oxygen atoms in total. The normalized spacial score (nSPS) is 19.1. The molecule has 2 heterocycles. The van der Waals surface area contributed by atoms with Crippen LogP contribution in [0, 0.1) is 0 Å². The molecule has 0 spiro atoms. The summed E-state index contributed by atoms with van der Waals surface area (Å²) in [7, 11) is 0. The van der Waals surface area contributed by atoms with Crippen LogP contribution in [0.25, 0.3) is 11.4 Å². The van der Waals surface area contributed by atoms with Gasteiger partial charge in [0.1, 0.15) is 6.54 Å². The van der Waals surface area contributed by atoms with Crippen LogP contribution in [0.4, 0.5) is 0 Å². The van der Waals surface area contributed by atoms with Gasteiger partial charge in [-0.1, -0.05) is 41.6 Å². The molecule has 2 aromatic rings. The first-order chi connectivity index (χ1) is 13.0. The lowest BCUT2D eigenvalue weighted by atomic mass is 10.0. The molecule has 2 atom stereocenters. The van der Waals surface area contributed by atoms with E-state index in [1.54, 1.807) is 11.0 Å². The van der Waals surface area contributed by atoms with Gasteiger partial charge in [-0.05, 0) is 25.6 Å². The maximum atomic E-state index is 12.8. The first kappa shape index (κ1) is 19.0. The number of hydrogen-bond acceptors (Lipinski definition) is 5. The third kappa shape index (κ3) is 5.13. The molecule has 1 aromatic heterocycles. The summed E-state index contributed by atoms with van der Waals surface area (Å²) in [6.45, 7) is 6.45. The highest BCUT2D eigenvalue weighted by Gasteiger charge is 2.26. The second kappa shape index (κ2) is 8.77. The van der Waals surface area contributed by atoms with E-state index in [-0.39, 0.29) is 24.5 Å². The van der Waals surface area contributed by atoms with Gasteiger partial charge < -0.3 is 20.1 Å². The first-order valence-corrected chi connectivity index (χ1v) is 9.29. The maximum Gasteiger partial charge on any atom is 0.246 e. The predicted molar refractivity (Wildman–Crippen MR) is 107 cm³/mol. The molecule has 1 aliphatic rings. The van der Waals surface area contributed by atoms with E-state index in [1.807, 2.05) is 30.3 Å². The molecule has 0 radical (unpaired) electrons. The molecule has 0 unspecified atom stereocenters. The standard InChI is InChI=1S/C19H23N5O2S/c1-3-9-24(17(25)11-15-10-13(2)20-19(27)21-15)12-16-22-18(23-26-16)14-7-5-4-6-8-14/h3-8,13,15H,1,9-12H2,2H3,(H2,20,21,27)/t13-,15+/m1/s1. The van der Waals surface area contributed by atoms with Crippen molar-refractivity contribution in [3.63, 3.8) is 0 Å². The Bertz CT molecular complexity index is 807. The molecule has 1 aliphatic heterocycles. The fourth-order valence-electron chi connectivity index (χ4n) is 3.07. The third-order valence-electron chi connectivity index (χ3n) is 4.30. The summed E-state index contributed by atoms with van der Waals surface area (Å²) in [6, 6.07) is 9.83. The van der Waals surface area contributed by atoms with Crippen molar-refractivity contribution in [2.24, 2.45) is 0 Å². The minimum atomic E-state index is -0.0104. The molecule has 0 bridgehead atoms. The van der Waals surface area contributed by atoms with Crippen LogP contribution < -0.4 is 10.6 Å². The fraction of sp³-hybridized carbons (Fsp3) is 0.368. The summed E-state index contributed by atoms with van der Waals surface area (Å²) in [5.41, 5.74) is 0.871. The maximum absolute atomic E-state index is 12.8. The number of aromatic nitrogens is 2. The number of carbonyl (C=O) groups is 1. The molecule has 8 heteroatoms. The molecule has 142 valence electrons. The van der Waals surface area contributed by atoms with E-state index in [9.17, 15) is 4.79 Å². The second-order valence-electron chi connectivity index (χ2n) is 6.60. The van der Waals surface area contributed by atoms with Gasteiger partial charge in [-0.3, -0.25) is 4.79 Å². The average Bonchev–Trinajstić information content (AvgIpc) is 3.10. The van der Waals surface area contributed by atoms with Crippen LogP contribution in [-0.4, -0.2) is 44.7 Å². The zero-order chi connectivity index (χ0) is 19.2. The molecule has 3 rings (SSSR count). The number of thiocarbonyl (C=S) groups is 1. The Morgan fingerprint density at radius 2 is 2.19 bits per heavy atom. The van der Waals surface area contributed by atoms with Gasteiger partial charge in [-0.15, -0.1) is 6.58 Å². The Labute approximate surface area is 163 Å². The summed E-state index contributed by atoms with van der Waals surface area (Å²) >= 11 is 5.19. The van der Waals surface area contributed by atoms with E-state index in [4.69, 9.17) is 16.7 Å². The predicted octanol–water partition coefficient (Wildman–Crippen LogP) is 2.27. The Hall–Kier alpha value is -2.74. The number of hydrogen-bond donors (Lipinski definition) is 2. The van der Waals surface area contributed by atoms with Crippen molar-refractivity contribution < 1.29 is 9.32 Å². The second-order valence-corrected chi connectivity index (χ2v) is 7.00. The number of nitrogens with one attached hydrogen (secondary N) is 2. The molecule has 1 amide bonds. The minimum absolute atomic E-state index is 0.0103. The van der Waals surface area contributed by atoms with Gasteiger partial charge in [0.05, 0.1) is 0 Å². The van der Waals surface area contributed by atoms with Crippen LogP contribution in [0.1, 0.15) is 25.7 Å². The summed E-state index contributed by atoms with van der Waals surface area (Å²) in [5.74, 6) is 0.894. The zero-order valence-electron chi connectivity index (χ0n) is 15.2. The van der Waals surface area contributed by atoms with Gasteiger partial charge in [0.25, 0.3) is 0 Å². The topological polar surface area (TPSA) is 83.3 Å². The van der Waals surface area contributed by atoms with E-state index in [2.05, 4.69) is 34.3 Å². The van der Waals surface area contributed by atoms with E-state index >= 15 is 0 Å². The smallest absolute Gasteiger partial charge is 0.246 e. The third-order valence-corrected chi connectivity index (χ3v) is 4.54. The monoisotopic (exact) mass is 385 g/mol. The summed E-state index contributed by atoms with van der Waals surface area (Å²) in [5, 5.41) is 10.9. The SMILES string of the molecule is C=CCN(Cc1nc(-c2ccccc2)no1)C(=O)C[C@@H]1C[C@@H](C)NC(=S)N1. The van der Waals surface area contributed by atoms with Crippen molar-refractivity contribution in [1.29, 1.82) is 0 Å². The molecule has 1 aromatic carbocycles. The Morgan fingerprint density at radius 1 is 1.41 bits per heavy atom. The number of carbonyl (C=O) groups excluding carboxylic acids is 1. The van der Waals surface area contributed by atoms with Crippen molar-refractivity contribution in [2.75, 3.05) is 6.54 Å². The molecule has 27 heavy (non-hydrogen) atoms. The molecule has 0 saturated carbocycles. The molecular formula is C19H23N5O2S. The van der Waals surface area contributed by atoms with Crippen LogP contribution in [0.5, 0.6) is 0 Å². The van der Waals surface area contributed by atoms with Gasteiger partial charge in [0, 0.05) is 30.6 Å². The lowest BCUT2D eigenvalue weighted by Gasteiger charge is -2.32. The van der Waals surface area contributed by atoms with E-state index in [1.165, 1.54) is 0 Å². The molecule has 1 fully saturated rings. The van der Waals surface area contributed by atoms with E-state index in [0.29, 0.717) is 29.8 Å². The van der Waals surface area contributed by atoms with Crippen LogP contribution in [0.15, 0.2) is 47.5 Å². The Kier molecular flexibility index (Phi) is 6.18. The average molecular weight is 385 g/mol. The highest BCUT2D eigenvalue weighted by Crippen LogP contribution is 2.16. The quantitative estimate of drug-likeness (QED) is 0.559. The largest absolute Gasteiger partial charge is 0.360 e. The van der Waals surface area contributed by atoms with Crippen molar-refractivity contribution in [3.05, 3.63) is 48.9 Å². The summed E-state index contributed by atoms with van der Waals surface area (Å²) < 4.78 is 5.33. The number of rotatable bonds is 7. The lowest BCUT2D eigenvalue weighted by molar-refractivity contribution is -0.132. The van der Waals surface area contributed by atoms with Gasteiger partial charge in [0.2, 0.25) is 17.6 Å². The van der Waals surface area contributed by atoms with Crippen molar-refractivity contribution >= 4 is 23.2 Å². The highest BCUT2D eigenvalue weighted by molar-refractivity contribution is 7.80. The van der Waals surface area contributed by atoms with Crippen molar-refractivity contribution in [1.82, 2.24) is 25.7 Å². The van der Waals surface area contributed by atoms with Gasteiger partial charge in [-0.25, -0.2) is 0 Å².